The first-order chi connectivity index (χ1) is 14.7. The fraction of sp³-hybridized carbons (Fsp3) is 0.280. The van der Waals surface area contributed by atoms with Crippen LogP contribution in [-0.4, -0.2) is 45.7 Å². The molecule has 1 aliphatic rings. The molecule has 0 N–H and O–H groups in total. The van der Waals surface area contributed by atoms with Gasteiger partial charge in [0.1, 0.15) is 5.75 Å². The Labute approximate surface area is 177 Å². The van der Waals surface area contributed by atoms with Gasteiger partial charge in [-0.3, -0.25) is 0 Å². The van der Waals surface area contributed by atoms with E-state index < -0.39 is 0 Å². The van der Waals surface area contributed by atoms with E-state index in [2.05, 4.69) is 60.5 Å². The predicted octanol–water partition coefficient (Wildman–Crippen LogP) is 4.74. The smallest absolute Gasteiger partial charge is 0.231 e. The Balaban J connectivity index is 1.33. The van der Waals surface area contributed by atoms with Gasteiger partial charge in [0.15, 0.2) is 18.3 Å². The molecule has 0 aromatic heterocycles. The molecule has 3 aromatic rings. The van der Waals surface area contributed by atoms with Gasteiger partial charge in [0.25, 0.3) is 0 Å². The first kappa shape index (κ1) is 20.3. The van der Waals surface area contributed by atoms with Crippen LogP contribution in [0.3, 0.4) is 0 Å². The Morgan fingerprint density at radius 3 is 2.83 bits per heavy atom. The lowest BCUT2D eigenvalue weighted by Crippen LogP contribution is -2.21. The average molecular weight is 405 g/mol. The standard InChI is InChI=1S/C25H27NO4/c1-26(14-12-19-8-11-24-25(15-19)30-18-29-24)13-4-7-20-5-3-6-21-16-22(28-17-27-2)9-10-23(20)21/h3-11,15-16H,12-14,17-18H2,1-2H3/b7-4+. The van der Waals surface area contributed by atoms with Crippen molar-refractivity contribution in [3.05, 3.63) is 71.8 Å². The van der Waals surface area contributed by atoms with Crippen LogP contribution in [0.15, 0.2) is 60.7 Å². The van der Waals surface area contributed by atoms with Gasteiger partial charge >= 0.3 is 0 Å². The molecule has 5 nitrogen and oxygen atoms in total. The molecule has 30 heavy (non-hydrogen) atoms. The van der Waals surface area contributed by atoms with E-state index in [4.69, 9.17) is 18.9 Å². The fourth-order valence-corrected chi connectivity index (χ4v) is 3.52. The molecule has 1 heterocycles. The quantitative estimate of drug-likeness (QED) is 0.481. The van der Waals surface area contributed by atoms with Crippen molar-refractivity contribution < 1.29 is 18.9 Å². The number of benzene rings is 3. The monoisotopic (exact) mass is 405 g/mol. The van der Waals surface area contributed by atoms with Crippen LogP contribution in [0.5, 0.6) is 17.2 Å². The van der Waals surface area contributed by atoms with E-state index in [1.165, 1.54) is 16.5 Å². The van der Waals surface area contributed by atoms with E-state index in [-0.39, 0.29) is 6.79 Å². The molecule has 3 aromatic carbocycles. The normalized spacial score (nSPS) is 12.9. The molecule has 0 fully saturated rings. The SMILES string of the molecule is COCOc1ccc2c(/C=C/CN(C)CCc3ccc4c(c3)OCO4)cccc2c1. The molecule has 0 spiro atoms. The molecule has 0 atom stereocenters. The largest absolute Gasteiger partial charge is 0.468 e. The van der Waals surface area contributed by atoms with E-state index in [1.54, 1.807) is 7.11 Å². The van der Waals surface area contributed by atoms with Gasteiger partial charge in [-0.2, -0.15) is 0 Å². The first-order valence-corrected chi connectivity index (χ1v) is 10.1. The summed E-state index contributed by atoms with van der Waals surface area (Å²) >= 11 is 0. The Morgan fingerprint density at radius 1 is 1.03 bits per heavy atom. The first-order valence-electron chi connectivity index (χ1n) is 10.1. The summed E-state index contributed by atoms with van der Waals surface area (Å²) in [4.78, 5) is 2.31. The van der Waals surface area contributed by atoms with Crippen LogP contribution in [0.2, 0.25) is 0 Å². The second-order valence-corrected chi connectivity index (χ2v) is 7.38. The zero-order valence-electron chi connectivity index (χ0n) is 17.5. The summed E-state index contributed by atoms with van der Waals surface area (Å²) in [6.07, 6.45) is 5.37. The zero-order chi connectivity index (χ0) is 20.8. The van der Waals surface area contributed by atoms with Crippen LogP contribution >= 0.6 is 0 Å². The van der Waals surface area contributed by atoms with Crippen LogP contribution < -0.4 is 14.2 Å². The molecule has 0 unspecified atom stereocenters. The summed E-state index contributed by atoms with van der Waals surface area (Å²) in [5.74, 6) is 2.50. The van der Waals surface area contributed by atoms with Crippen LogP contribution in [0, 0.1) is 0 Å². The van der Waals surface area contributed by atoms with Crippen LogP contribution in [0.1, 0.15) is 11.1 Å². The summed E-state index contributed by atoms with van der Waals surface area (Å²) in [6.45, 7) is 2.43. The van der Waals surface area contributed by atoms with Gasteiger partial charge in [-0.25, -0.2) is 0 Å². The van der Waals surface area contributed by atoms with E-state index in [9.17, 15) is 0 Å². The average Bonchev–Trinajstić information content (AvgIpc) is 3.24. The van der Waals surface area contributed by atoms with Gasteiger partial charge in [0.2, 0.25) is 6.79 Å². The molecule has 0 aliphatic carbocycles. The maximum absolute atomic E-state index is 5.54. The van der Waals surface area contributed by atoms with E-state index in [0.717, 1.165) is 42.1 Å². The number of hydrogen-bond acceptors (Lipinski definition) is 5. The van der Waals surface area contributed by atoms with Gasteiger partial charge in [-0.1, -0.05) is 42.5 Å². The van der Waals surface area contributed by atoms with Gasteiger partial charge in [0, 0.05) is 20.2 Å². The maximum atomic E-state index is 5.54. The molecule has 4 rings (SSSR count). The van der Waals surface area contributed by atoms with Crippen molar-refractivity contribution in [3.8, 4) is 17.2 Å². The minimum absolute atomic E-state index is 0.254. The minimum atomic E-state index is 0.254. The maximum Gasteiger partial charge on any atom is 0.231 e. The van der Waals surface area contributed by atoms with Gasteiger partial charge in [-0.05, 0) is 59.6 Å². The molecule has 0 bridgehead atoms. The Bertz CT molecular complexity index is 1030. The van der Waals surface area contributed by atoms with Gasteiger partial charge in [-0.15, -0.1) is 0 Å². The van der Waals surface area contributed by atoms with Gasteiger partial charge in [0.05, 0.1) is 0 Å². The van der Waals surface area contributed by atoms with Crippen molar-refractivity contribution in [3.63, 3.8) is 0 Å². The minimum Gasteiger partial charge on any atom is -0.468 e. The van der Waals surface area contributed by atoms with Crippen LogP contribution in [0.25, 0.3) is 16.8 Å². The van der Waals surface area contributed by atoms with Crippen molar-refractivity contribution in [2.45, 2.75) is 6.42 Å². The van der Waals surface area contributed by atoms with Crippen molar-refractivity contribution >= 4 is 16.8 Å². The van der Waals surface area contributed by atoms with Gasteiger partial charge < -0.3 is 23.8 Å². The second kappa shape index (κ2) is 9.65. The third-order valence-corrected chi connectivity index (χ3v) is 5.16. The number of ether oxygens (including phenoxy) is 4. The molecule has 5 heteroatoms. The molecule has 0 saturated carbocycles. The second-order valence-electron chi connectivity index (χ2n) is 7.38. The molecule has 0 amide bonds. The molecule has 156 valence electrons. The zero-order valence-corrected chi connectivity index (χ0v) is 17.5. The number of rotatable bonds is 9. The summed E-state index contributed by atoms with van der Waals surface area (Å²) < 4.78 is 21.4. The highest BCUT2D eigenvalue weighted by Crippen LogP contribution is 2.32. The molecule has 0 radical (unpaired) electrons. The summed E-state index contributed by atoms with van der Waals surface area (Å²) in [7, 11) is 3.76. The highest BCUT2D eigenvalue weighted by Gasteiger charge is 2.13. The predicted molar refractivity (Wildman–Crippen MR) is 119 cm³/mol. The Kier molecular flexibility index (Phi) is 6.52. The number of methoxy groups -OCH3 is 1. The van der Waals surface area contributed by atoms with Crippen LogP contribution in [-0.2, 0) is 11.2 Å². The third-order valence-electron chi connectivity index (χ3n) is 5.16. The number of fused-ring (bicyclic) bond motifs is 2. The van der Waals surface area contributed by atoms with Crippen molar-refractivity contribution in [1.29, 1.82) is 0 Å². The molecular weight excluding hydrogens is 378 g/mol. The lowest BCUT2D eigenvalue weighted by atomic mass is 10.0. The highest BCUT2D eigenvalue weighted by molar-refractivity contribution is 5.91. The van der Waals surface area contributed by atoms with Crippen LogP contribution in [0.4, 0.5) is 0 Å². The molecular formula is C25H27NO4. The molecule has 0 saturated heterocycles. The number of nitrogens with zero attached hydrogens (tertiary/aromatic N) is 1. The van der Waals surface area contributed by atoms with E-state index >= 15 is 0 Å². The van der Waals surface area contributed by atoms with E-state index in [0.29, 0.717) is 6.79 Å². The van der Waals surface area contributed by atoms with Crippen molar-refractivity contribution in [1.82, 2.24) is 4.90 Å². The highest BCUT2D eigenvalue weighted by atomic mass is 16.7. The number of likely N-dealkylation sites (N-methyl/N-ethyl adjacent to an activating group) is 1. The lowest BCUT2D eigenvalue weighted by molar-refractivity contribution is 0.0512. The fourth-order valence-electron chi connectivity index (χ4n) is 3.52. The summed E-state index contributed by atoms with van der Waals surface area (Å²) in [5.41, 5.74) is 2.46. The molecule has 1 aliphatic heterocycles. The summed E-state index contributed by atoms with van der Waals surface area (Å²) in [6, 6.07) is 18.6. The summed E-state index contributed by atoms with van der Waals surface area (Å²) in [5, 5.41) is 2.36. The third kappa shape index (κ3) is 4.93. The Hall–Kier alpha value is -3.02. The Morgan fingerprint density at radius 2 is 1.93 bits per heavy atom. The lowest BCUT2D eigenvalue weighted by Gasteiger charge is -2.14. The van der Waals surface area contributed by atoms with Crippen molar-refractivity contribution in [2.24, 2.45) is 0 Å². The topological polar surface area (TPSA) is 40.2 Å². The van der Waals surface area contributed by atoms with Crippen molar-refractivity contribution in [2.75, 3.05) is 40.8 Å². The number of hydrogen-bond donors (Lipinski definition) is 0. The van der Waals surface area contributed by atoms with E-state index in [1.807, 2.05) is 18.2 Å².